The van der Waals surface area contributed by atoms with Crippen LogP contribution in [-0.2, 0) is 0 Å². The maximum atomic E-state index is 11.4. The number of piperazine rings is 1. The lowest BCUT2D eigenvalue weighted by Gasteiger charge is -2.34. The molecule has 6 heteroatoms. The summed E-state index contributed by atoms with van der Waals surface area (Å²) in [4.78, 5) is 15.4. The molecule has 3 N–H and O–H groups in total. The van der Waals surface area contributed by atoms with Crippen LogP contribution in [0.3, 0.4) is 0 Å². The minimum absolute atomic E-state index is 0.0713. The minimum Gasteiger partial charge on any atom is -0.329 e. The van der Waals surface area contributed by atoms with Gasteiger partial charge < -0.3 is 16.0 Å². The van der Waals surface area contributed by atoms with Crippen molar-refractivity contribution in [2.24, 2.45) is 5.73 Å². The van der Waals surface area contributed by atoms with Crippen LogP contribution in [0.25, 0.3) is 0 Å². The van der Waals surface area contributed by atoms with Gasteiger partial charge in [-0.3, -0.25) is 4.90 Å². The van der Waals surface area contributed by atoms with Crippen LogP contribution in [0.4, 0.5) is 4.79 Å². The molecule has 0 spiro atoms. The second-order valence-electron chi connectivity index (χ2n) is 3.43. The van der Waals surface area contributed by atoms with Crippen molar-refractivity contribution in [2.45, 2.75) is 0 Å². The molecule has 2 amide bonds. The fourth-order valence-corrected chi connectivity index (χ4v) is 1.58. The molecule has 0 aromatic carbocycles. The molecule has 0 radical (unpaired) electrons. The third-order valence-electron chi connectivity index (χ3n) is 2.42. The molecule has 1 saturated heterocycles. The number of hydrogen-bond acceptors (Lipinski definition) is 4. The molecular weight excluding hydrogens is 194 g/mol. The smallest absolute Gasteiger partial charge is 0.318 e. The summed E-state index contributed by atoms with van der Waals surface area (Å²) in [7, 11) is 0. The van der Waals surface area contributed by atoms with Gasteiger partial charge in [0.1, 0.15) is 6.54 Å². The Morgan fingerprint density at radius 1 is 1.40 bits per heavy atom. The predicted octanol–water partition coefficient (Wildman–Crippen LogP) is -1.20. The monoisotopic (exact) mass is 211 g/mol. The summed E-state index contributed by atoms with van der Waals surface area (Å²) in [5, 5.41) is 10.9. The number of carbonyl (C=O) groups excluding carboxylic acids is 1. The molecule has 1 fully saturated rings. The van der Waals surface area contributed by atoms with Gasteiger partial charge in [-0.1, -0.05) is 0 Å². The number of hydrogen-bond donors (Lipinski definition) is 2. The third kappa shape index (κ3) is 3.73. The van der Waals surface area contributed by atoms with E-state index in [2.05, 4.69) is 10.2 Å². The molecule has 1 aliphatic heterocycles. The zero-order valence-electron chi connectivity index (χ0n) is 8.78. The van der Waals surface area contributed by atoms with Crippen LogP contribution in [0.2, 0.25) is 0 Å². The molecule has 84 valence electrons. The van der Waals surface area contributed by atoms with E-state index in [1.807, 2.05) is 6.07 Å². The normalized spacial score (nSPS) is 17.2. The maximum Gasteiger partial charge on any atom is 0.318 e. The molecule has 0 bridgehead atoms. The second-order valence-corrected chi connectivity index (χ2v) is 3.43. The Hall–Kier alpha value is -1.32. The minimum atomic E-state index is -0.149. The molecule has 1 rings (SSSR count). The first-order valence-electron chi connectivity index (χ1n) is 5.10. The van der Waals surface area contributed by atoms with Gasteiger partial charge in [-0.2, -0.15) is 5.26 Å². The molecule has 1 aliphatic rings. The second kappa shape index (κ2) is 6.22. The highest BCUT2D eigenvalue weighted by Gasteiger charge is 2.19. The SMILES string of the molecule is N#CCNC(=O)N1CCN(CCN)CC1. The van der Waals surface area contributed by atoms with E-state index in [9.17, 15) is 4.79 Å². The van der Waals surface area contributed by atoms with Gasteiger partial charge >= 0.3 is 6.03 Å². The fourth-order valence-electron chi connectivity index (χ4n) is 1.58. The summed E-state index contributed by atoms with van der Waals surface area (Å²) < 4.78 is 0. The van der Waals surface area contributed by atoms with E-state index >= 15 is 0 Å². The van der Waals surface area contributed by atoms with E-state index in [1.165, 1.54) is 0 Å². The Morgan fingerprint density at radius 3 is 2.60 bits per heavy atom. The van der Waals surface area contributed by atoms with Crippen LogP contribution in [0.5, 0.6) is 0 Å². The van der Waals surface area contributed by atoms with Gasteiger partial charge in [-0.25, -0.2) is 4.79 Å². The van der Waals surface area contributed by atoms with Crippen molar-refractivity contribution in [2.75, 3.05) is 45.8 Å². The topological polar surface area (TPSA) is 85.4 Å². The van der Waals surface area contributed by atoms with E-state index in [-0.39, 0.29) is 12.6 Å². The van der Waals surface area contributed by atoms with Gasteiger partial charge in [0, 0.05) is 39.3 Å². The van der Waals surface area contributed by atoms with Gasteiger partial charge in [0.15, 0.2) is 0 Å². The highest BCUT2D eigenvalue weighted by molar-refractivity contribution is 5.74. The third-order valence-corrected chi connectivity index (χ3v) is 2.42. The molecule has 15 heavy (non-hydrogen) atoms. The number of nitrogens with two attached hydrogens (primary N) is 1. The number of urea groups is 1. The summed E-state index contributed by atoms with van der Waals surface area (Å²) in [6.07, 6.45) is 0. The predicted molar refractivity (Wildman–Crippen MR) is 56.1 cm³/mol. The Kier molecular flexibility index (Phi) is 4.87. The Labute approximate surface area is 89.6 Å². The summed E-state index contributed by atoms with van der Waals surface area (Å²) in [6, 6.07) is 1.73. The average molecular weight is 211 g/mol. The van der Waals surface area contributed by atoms with E-state index in [4.69, 9.17) is 11.0 Å². The lowest BCUT2D eigenvalue weighted by Crippen LogP contribution is -2.52. The van der Waals surface area contributed by atoms with Gasteiger partial charge in [0.2, 0.25) is 0 Å². The van der Waals surface area contributed by atoms with Crippen molar-refractivity contribution in [1.82, 2.24) is 15.1 Å². The summed E-state index contributed by atoms with van der Waals surface area (Å²) in [5.41, 5.74) is 5.45. The van der Waals surface area contributed by atoms with Crippen molar-refractivity contribution in [3.63, 3.8) is 0 Å². The first kappa shape index (κ1) is 11.8. The molecule has 1 heterocycles. The average Bonchev–Trinajstić information content (AvgIpc) is 2.27. The van der Waals surface area contributed by atoms with Crippen LogP contribution in [-0.4, -0.2) is 61.6 Å². The van der Waals surface area contributed by atoms with Gasteiger partial charge in [-0.15, -0.1) is 0 Å². The Balaban J connectivity index is 2.25. The molecule has 0 aliphatic carbocycles. The van der Waals surface area contributed by atoms with Crippen molar-refractivity contribution in [3.8, 4) is 6.07 Å². The summed E-state index contributed by atoms with van der Waals surface area (Å²) >= 11 is 0. The van der Waals surface area contributed by atoms with Crippen LogP contribution in [0.15, 0.2) is 0 Å². The molecule has 0 atom stereocenters. The fraction of sp³-hybridized carbons (Fsp3) is 0.778. The van der Waals surface area contributed by atoms with Crippen LogP contribution >= 0.6 is 0 Å². The zero-order valence-corrected chi connectivity index (χ0v) is 8.78. The maximum absolute atomic E-state index is 11.4. The van der Waals surface area contributed by atoms with Crippen LogP contribution in [0.1, 0.15) is 0 Å². The largest absolute Gasteiger partial charge is 0.329 e. The van der Waals surface area contributed by atoms with Crippen molar-refractivity contribution >= 4 is 6.03 Å². The number of nitrogens with one attached hydrogen (secondary N) is 1. The Morgan fingerprint density at radius 2 is 2.07 bits per heavy atom. The first-order chi connectivity index (χ1) is 7.27. The summed E-state index contributed by atoms with van der Waals surface area (Å²) in [5.74, 6) is 0. The van der Waals surface area contributed by atoms with Crippen LogP contribution in [0, 0.1) is 11.3 Å². The molecular formula is C9H17N5O. The standard InChI is InChI=1S/C9H17N5O/c10-1-3-12-9(15)14-7-5-13(4-2-11)6-8-14/h2-8,11H2,(H,12,15). The number of carbonyl (C=O) groups is 1. The lowest BCUT2D eigenvalue weighted by atomic mass is 10.3. The van der Waals surface area contributed by atoms with Gasteiger partial charge in [0.05, 0.1) is 6.07 Å². The molecule has 0 unspecified atom stereocenters. The van der Waals surface area contributed by atoms with E-state index in [1.54, 1.807) is 4.90 Å². The van der Waals surface area contributed by atoms with E-state index in [0.717, 1.165) is 19.6 Å². The zero-order chi connectivity index (χ0) is 11.1. The number of nitriles is 1. The number of rotatable bonds is 3. The van der Waals surface area contributed by atoms with E-state index < -0.39 is 0 Å². The molecule has 0 aromatic heterocycles. The number of nitrogens with zero attached hydrogens (tertiary/aromatic N) is 3. The quantitative estimate of drug-likeness (QED) is 0.574. The van der Waals surface area contributed by atoms with Crippen LogP contribution < -0.4 is 11.1 Å². The number of amides is 2. The van der Waals surface area contributed by atoms with Gasteiger partial charge in [0.25, 0.3) is 0 Å². The van der Waals surface area contributed by atoms with Crippen molar-refractivity contribution in [1.29, 1.82) is 5.26 Å². The molecule has 0 aromatic rings. The summed E-state index contributed by atoms with van der Waals surface area (Å²) in [6.45, 7) is 4.74. The van der Waals surface area contributed by atoms with Crippen molar-refractivity contribution < 1.29 is 4.79 Å². The first-order valence-corrected chi connectivity index (χ1v) is 5.10. The molecule has 6 nitrogen and oxygen atoms in total. The Bertz CT molecular complexity index is 241. The highest BCUT2D eigenvalue weighted by atomic mass is 16.2. The van der Waals surface area contributed by atoms with E-state index in [0.29, 0.717) is 19.6 Å². The molecule has 0 saturated carbocycles. The van der Waals surface area contributed by atoms with Crippen molar-refractivity contribution in [3.05, 3.63) is 0 Å². The lowest BCUT2D eigenvalue weighted by molar-refractivity contribution is 0.142. The van der Waals surface area contributed by atoms with Gasteiger partial charge in [-0.05, 0) is 0 Å². The highest BCUT2D eigenvalue weighted by Crippen LogP contribution is 2.00.